The van der Waals surface area contributed by atoms with Gasteiger partial charge in [0.05, 0.1) is 5.56 Å². The van der Waals surface area contributed by atoms with Crippen LogP contribution in [0.5, 0.6) is 0 Å². The molecule has 2 heteroatoms. The molecule has 2 nitrogen and oxygen atoms in total. The largest absolute Gasteiger partial charge is 0.478 e. The molecule has 0 spiro atoms. The van der Waals surface area contributed by atoms with E-state index in [1.165, 1.54) is 56.1 Å². The van der Waals surface area contributed by atoms with Gasteiger partial charge in [0.1, 0.15) is 0 Å². The molecule has 3 aliphatic rings. The standard InChI is InChI=1S/C20H26O2/c1-2-20-10-3-4-18(20)17-8-5-13-12-14(19(21)22)6-7-15(13)16(17)9-11-20/h6-7,12,16-18H,2-5,8-11H2,1H3,(H,21,22)/t16-,17-,18+,20+/m1/s1. The molecule has 1 N–H and O–H groups in total. The highest BCUT2D eigenvalue weighted by atomic mass is 16.4. The summed E-state index contributed by atoms with van der Waals surface area (Å²) in [7, 11) is 0. The van der Waals surface area contributed by atoms with Gasteiger partial charge in [-0.25, -0.2) is 4.79 Å². The Morgan fingerprint density at radius 3 is 2.91 bits per heavy atom. The minimum atomic E-state index is -0.797. The van der Waals surface area contributed by atoms with Crippen molar-refractivity contribution in [3.05, 3.63) is 34.9 Å². The first-order valence-corrected chi connectivity index (χ1v) is 9.01. The normalized spacial score (nSPS) is 36.3. The van der Waals surface area contributed by atoms with E-state index >= 15 is 0 Å². The highest BCUT2D eigenvalue weighted by Gasteiger charge is 2.51. The van der Waals surface area contributed by atoms with Crippen molar-refractivity contribution >= 4 is 5.97 Å². The van der Waals surface area contributed by atoms with Crippen LogP contribution in [0.25, 0.3) is 0 Å². The summed E-state index contributed by atoms with van der Waals surface area (Å²) >= 11 is 0. The number of hydrogen-bond acceptors (Lipinski definition) is 1. The van der Waals surface area contributed by atoms with E-state index in [4.69, 9.17) is 0 Å². The number of carboxylic acid groups (broad SMARTS) is 1. The van der Waals surface area contributed by atoms with Crippen LogP contribution in [-0.4, -0.2) is 11.1 Å². The molecular weight excluding hydrogens is 272 g/mol. The summed E-state index contributed by atoms with van der Waals surface area (Å²) in [5.41, 5.74) is 3.87. The van der Waals surface area contributed by atoms with Gasteiger partial charge in [0.2, 0.25) is 0 Å². The van der Waals surface area contributed by atoms with E-state index in [-0.39, 0.29) is 0 Å². The fourth-order valence-corrected chi connectivity index (χ4v) is 6.13. The number of carboxylic acids is 1. The Morgan fingerprint density at radius 1 is 1.27 bits per heavy atom. The summed E-state index contributed by atoms with van der Waals surface area (Å²) in [5, 5.41) is 9.21. The molecule has 0 saturated heterocycles. The predicted octanol–water partition coefficient (Wildman–Crippen LogP) is 5.02. The molecule has 0 amide bonds. The van der Waals surface area contributed by atoms with Crippen molar-refractivity contribution in [1.82, 2.24) is 0 Å². The van der Waals surface area contributed by atoms with Crippen molar-refractivity contribution < 1.29 is 9.90 Å². The Bertz CT molecular complexity index is 606. The molecule has 0 heterocycles. The molecule has 0 unspecified atom stereocenters. The van der Waals surface area contributed by atoms with Crippen LogP contribution < -0.4 is 0 Å². The molecule has 2 saturated carbocycles. The van der Waals surface area contributed by atoms with E-state index in [0.29, 0.717) is 16.9 Å². The average molecular weight is 298 g/mol. The van der Waals surface area contributed by atoms with Crippen molar-refractivity contribution in [2.24, 2.45) is 17.3 Å². The highest BCUT2D eigenvalue weighted by Crippen LogP contribution is 2.62. The lowest BCUT2D eigenvalue weighted by molar-refractivity contribution is 0.0409. The zero-order valence-electron chi connectivity index (χ0n) is 13.5. The van der Waals surface area contributed by atoms with Gasteiger partial charge in [-0.3, -0.25) is 0 Å². The van der Waals surface area contributed by atoms with Crippen molar-refractivity contribution in [2.75, 3.05) is 0 Å². The average Bonchev–Trinajstić information content (AvgIpc) is 2.98. The van der Waals surface area contributed by atoms with Gasteiger partial charge in [-0.15, -0.1) is 0 Å². The van der Waals surface area contributed by atoms with Crippen LogP contribution in [0.2, 0.25) is 0 Å². The molecule has 1 aromatic carbocycles. The third kappa shape index (κ3) is 1.96. The number of carbonyl (C=O) groups is 1. The quantitative estimate of drug-likeness (QED) is 0.832. The summed E-state index contributed by atoms with van der Waals surface area (Å²) in [6, 6.07) is 5.88. The molecular formula is C20H26O2. The van der Waals surface area contributed by atoms with Crippen molar-refractivity contribution in [3.63, 3.8) is 0 Å². The molecule has 0 aromatic heterocycles. The van der Waals surface area contributed by atoms with Crippen molar-refractivity contribution in [3.8, 4) is 0 Å². The second kappa shape index (κ2) is 5.11. The van der Waals surface area contributed by atoms with Crippen LogP contribution in [0.15, 0.2) is 18.2 Å². The van der Waals surface area contributed by atoms with Crippen LogP contribution in [0.3, 0.4) is 0 Å². The van der Waals surface area contributed by atoms with Crippen LogP contribution in [0.4, 0.5) is 0 Å². The van der Waals surface area contributed by atoms with Crippen LogP contribution in [0, 0.1) is 17.3 Å². The van der Waals surface area contributed by atoms with E-state index in [1.54, 1.807) is 0 Å². The molecule has 22 heavy (non-hydrogen) atoms. The van der Waals surface area contributed by atoms with Gasteiger partial charge in [-0.2, -0.15) is 0 Å². The Morgan fingerprint density at radius 2 is 2.14 bits per heavy atom. The maximum Gasteiger partial charge on any atom is 0.335 e. The van der Waals surface area contributed by atoms with E-state index < -0.39 is 5.97 Å². The van der Waals surface area contributed by atoms with Gasteiger partial charge in [0.25, 0.3) is 0 Å². The monoisotopic (exact) mass is 298 g/mol. The van der Waals surface area contributed by atoms with Crippen LogP contribution >= 0.6 is 0 Å². The third-order valence-corrected chi connectivity index (χ3v) is 7.20. The summed E-state index contributed by atoms with van der Waals surface area (Å²) in [5.74, 6) is 1.66. The van der Waals surface area contributed by atoms with Gasteiger partial charge < -0.3 is 5.11 Å². The molecule has 0 radical (unpaired) electrons. The number of benzene rings is 1. The fraction of sp³-hybridized carbons (Fsp3) is 0.650. The minimum absolute atomic E-state index is 0.455. The summed E-state index contributed by atoms with van der Waals surface area (Å²) in [4.78, 5) is 11.2. The van der Waals surface area contributed by atoms with E-state index in [9.17, 15) is 9.90 Å². The third-order valence-electron chi connectivity index (χ3n) is 7.20. The number of aryl methyl sites for hydroxylation is 1. The van der Waals surface area contributed by atoms with Gasteiger partial charge in [0, 0.05) is 0 Å². The number of fused-ring (bicyclic) bond motifs is 5. The molecule has 0 aliphatic heterocycles. The Kier molecular flexibility index (Phi) is 3.32. The second-order valence-corrected chi connectivity index (χ2v) is 7.78. The Labute approximate surface area is 132 Å². The maximum absolute atomic E-state index is 11.2. The number of rotatable bonds is 2. The highest BCUT2D eigenvalue weighted by molar-refractivity contribution is 5.88. The molecule has 118 valence electrons. The lowest BCUT2D eigenvalue weighted by Gasteiger charge is -2.50. The lowest BCUT2D eigenvalue weighted by atomic mass is 9.54. The molecule has 4 atom stereocenters. The summed E-state index contributed by atoms with van der Waals surface area (Å²) in [6.07, 6.45) is 10.7. The topological polar surface area (TPSA) is 37.3 Å². The zero-order valence-corrected chi connectivity index (χ0v) is 13.5. The number of hydrogen-bond donors (Lipinski definition) is 1. The summed E-state index contributed by atoms with van der Waals surface area (Å²) < 4.78 is 0. The van der Waals surface area contributed by atoms with Gasteiger partial charge in [0.15, 0.2) is 0 Å². The van der Waals surface area contributed by atoms with E-state index in [1.807, 2.05) is 12.1 Å². The van der Waals surface area contributed by atoms with Crippen LogP contribution in [-0.2, 0) is 6.42 Å². The Hall–Kier alpha value is -1.31. The zero-order chi connectivity index (χ0) is 15.3. The first-order chi connectivity index (χ1) is 10.6. The first kappa shape index (κ1) is 14.3. The molecule has 4 rings (SSSR count). The van der Waals surface area contributed by atoms with Gasteiger partial charge in [-0.1, -0.05) is 25.8 Å². The smallest absolute Gasteiger partial charge is 0.335 e. The van der Waals surface area contributed by atoms with Gasteiger partial charge >= 0.3 is 5.97 Å². The SMILES string of the molecule is CC[C@@]12CCC[C@H]1[C@@H]1CCc3cc(C(=O)O)ccc3[C@H]1CC2. The molecule has 3 aliphatic carbocycles. The second-order valence-electron chi connectivity index (χ2n) is 7.78. The van der Waals surface area contributed by atoms with Crippen LogP contribution in [0.1, 0.15) is 79.3 Å². The first-order valence-electron chi connectivity index (χ1n) is 9.01. The summed E-state index contributed by atoms with van der Waals surface area (Å²) in [6.45, 7) is 2.40. The minimum Gasteiger partial charge on any atom is -0.478 e. The molecule has 0 bridgehead atoms. The van der Waals surface area contributed by atoms with E-state index in [2.05, 4.69) is 13.0 Å². The maximum atomic E-state index is 11.2. The van der Waals surface area contributed by atoms with E-state index in [0.717, 1.165) is 18.3 Å². The fourth-order valence-electron chi connectivity index (χ4n) is 6.13. The Balaban J connectivity index is 1.68. The number of aromatic carboxylic acids is 1. The van der Waals surface area contributed by atoms with Crippen molar-refractivity contribution in [1.29, 1.82) is 0 Å². The molecule has 1 aromatic rings. The molecule has 2 fully saturated rings. The van der Waals surface area contributed by atoms with Gasteiger partial charge in [-0.05, 0) is 85.0 Å². The van der Waals surface area contributed by atoms with Crippen molar-refractivity contribution in [2.45, 2.75) is 64.2 Å². The predicted molar refractivity (Wildman–Crippen MR) is 87.3 cm³/mol. The lowest BCUT2D eigenvalue weighted by Crippen LogP contribution is -2.40.